The highest BCUT2D eigenvalue weighted by atomic mass is 35.5. The van der Waals surface area contributed by atoms with E-state index in [4.69, 9.17) is 28.3 Å². The molecule has 0 aromatic heterocycles. The van der Waals surface area contributed by atoms with E-state index in [0.717, 1.165) is 11.1 Å². The van der Waals surface area contributed by atoms with Crippen molar-refractivity contribution >= 4 is 34.8 Å². The van der Waals surface area contributed by atoms with Crippen LogP contribution in [-0.2, 0) is 11.4 Å². The average Bonchev–Trinajstić information content (AvgIpc) is 2.54. The van der Waals surface area contributed by atoms with Crippen LogP contribution in [0.4, 0.5) is 5.69 Å². The lowest BCUT2D eigenvalue weighted by Crippen LogP contribution is -2.32. The highest BCUT2D eigenvalue weighted by Gasteiger charge is 2.10. The van der Waals surface area contributed by atoms with E-state index in [1.165, 1.54) is 0 Å². The van der Waals surface area contributed by atoms with Gasteiger partial charge >= 0.3 is 0 Å². The fourth-order valence-corrected chi connectivity index (χ4v) is 2.42. The summed E-state index contributed by atoms with van der Waals surface area (Å²) >= 11 is 11.9. The number of hydrogen-bond donors (Lipinski definition) is 3. The predicted octanol–water partition coefficient (Wildman–Crippen LogP) is 3.78. The van der Waals surface area contributed by atoms with E-state index in [1.54, 1.807) is 30.3 Å². The Balaban J connectivity index is 1.91. The maximum absolute atomic E-state index is 12.0. The molecule has 0 heterocycles. The van der Waals surface area contributed by atoms with Crippen LogP contribution in [0.3, 0.4) is 0 Å². The summed E-state index contributed by atoms with van der Waals surface area (Å²) in [4.78, 5) is 12.0. The van der Waals surface area contributed by atoms with Crippen molar-refractivity contribution in [1.82, 2.24) is 5.32 Å². The molecule has 122 valence electrons. The number of amides is 1. The third-order valence-electron chi connectivity index (χ3n) is 3.40. The molecule has 0 saturated carbocycles. The van der Waals surface area contributed by atoms with Crippen molar-refractivity contribution in [2.24, 2.45) is 0 Å². The second-order valence-electron chi connectivity index (χ2n) is 5.17. The molecule has 0 saturated heterocycles. The molecule has 0 aliphatic heterocycles. The molecule has 23 heavy (non-hydrogen) atoms. The van der Waals surface area contributed by atoms with Gasteiger partial charge in [-0.05, 0) is 42.3 Å². The van der Waals surface area contributed by atoms with Gasteiger partial charge in [0.15, 0.2) is 0 Å². The van der Waals surface area contributed by atoms with Crippen molar-refractivity contribution in [2.45, 2.75) is 19.6 Å². The third-order valence-corrected chi connectivity index (χ3v) is 3.98. The summed E-state index contributed by atoms with van der Waals surface area (Å²) in [7, 11) is 0. The number of anilines is 1. The molecule has 0 aliphatic rings. The van der Waals surface area contributed by atoms with Crippen molar-refractivity contribution in [2.75, 3.05) is 11.9 Å². The largest absolute Gasteiger partial charge is 0.392 e. The van der Waals surface area contributed by atoms with Gasteiger partial charge in [0.2, 0.25) is 5.91 Å². The zero-order valence-corrected chi connectivity index (χ0v) is 14.2. The molecule has 4 nitrogen and oxygen atoms in total. The van der Waals surface area contributed by atoms with Crippen LogP contribution in [0.5, 0.6) is 0 Å². The van der Waals surface area contributed by atoms with Gasteiger partial charge in [-0.25, -0.2) is 0 Å². The number of halogens is 2. The first-order chi connectivity index (χ1) is 11.0. The maximum atomic E-state index is 12.0. The fraction of sp³-hybridized carbons (Fsp3) is 0.235. The molecule has 1 atom stereocenters. The smallest absolute Gasteiger partial charge is 0.239 e. The highest BCUT2D eigenvalue weighted by molar-refractivity contribution is 6.33. The minimum absolute atomic E-state index is 0.0777. The number of aliphatic hydroxyl groups excluding tert-OH is 1. The Morgan fingerprint density at radius 1 is 1.17 bits per heavy atom. The van der Waals surface area contributed by atoms with E-state index in [2.05, 4.69) is 10.6 Å². The van der Waals surface area contributed by atoms with Crippen LogP contribution >= 0.6 is 23.2 Å². The van der Waals surface area contributed by atoms with E-state index in [-0.39, 0.29) is 25.1 Å². The van der Waals surface area contributed by atoms with E-state index in [9.17, 15) is 4.79 Å². The Hall–Kier alpha value is -1.75. The van der Waals surface area contributed by atoms with Gasteiger partial charge in [-0.3, -0.25) is 4.79 Å². The number of nitrogens with one attached hydrogen (secondary N) is 2. The number of rotatable bonds is 6. The zero-order chi connectivity index (χ0) is 16.8. The first-order valence-corrected chi connectivity index (χ1v) is 7.93. The molecule has 2 aromatic carbocycles. The van der Waals surface area contributed by atoms with Gasteiger partial charge in [-0.1, -0.05) is 41.4 Å². The number of benzene rings is 2. The molecular formula is C17H18Cl2N2O2. The molecule has 0 spiro atoms. The summed E-state index contributed by atoms with van der Waals surface area (Å²) in [5.74, 6) is -0.155. The number of carbonyl (C=O) groups is 1. The van der Waals surface area contributed by atoms with Crippen LogP contribution in [0.2, 0.25) is 10.0 Å². The van der Waals surface area contributed by atoms with Crippen molar-refractivity contribution in [3.8, 4) is 0 Å². The monoisotopic (exact) mass is 352 g/mol. The maximum Gasteiger partial charge on any atom is 0.239 e. The Bertz CT molecular complexity index is 675. The summed E-state index contributed by atoms with van der Waals surface area (Å²) in [5, 5.41) is 16.2. The molecule has 3 N–H and O–H groups in total. The van der Waals surface area contributed by atoms with Gasteiger partial charge in [0.25, 0.3) is 0 Å². The number of hydrogen-bond acceptors (Lipinski definition) is 3. The Kier molecular flexibility index (Phi) is 6.28. The summed E-state index contributed by atoms with van der Waals surface area (Å²) < 4.78 is 0. The molecule has 1 amide bonds. The van der Waals surface area contributed by atoms with Crippen LogP contribution in [-0.4, -0.2) is 17.6 Å². The Morgan fingerprint density at radius 2 is 1.87 bits per heavy atom. The molecular weight excluding hydrogens is 335 g/mol. The van der Waals surface area contributed by atoms with Crippen molar-refractivity contribution in [3.05, 3.63) is 63.6 Å². The van der Waals surface area contributed by atoms with Crippen LogP contribution in [0, 0.1) is 0 Å². The molecule has 1 unspecified atom stereocenters. The molecule has 0 bridgehead atoms. The van der Waals surface area contributed by atoms with Crippen molar-refractivity contribution in [3.63, 3.8) is 0 Å². The van der Waals surface area contributed by atoms with Crippen LogP contribution in [0.25, 0.3) is 0 Å². The summed E-state index contributed by atoms with van der Waals surface area (Å²) in [5.41, 5.74) is 2.32. The first kappa shape index (κ1) is 17.6. The summed E-state index contributed by atoms with van der Waals surface area (Å²) in [6.07, 6.45) is 0. The zero-order valence-electron chi connectivity index (χ0n) is 12.6. The minimum atomic E-state index is -0.155. The second kappa shape index (κ2) is 8.20. The topological polar surface area (TPSA) is 61.4 Å². The fourth-order valence-electron chi connectivity index (χ4n) is 2.11. The highest BCUT2D eigenvalue weighted by Crippen LogP contribution is 2.23. The predicted molar refractivity (Wildman–Crippen MR) is 93.9 cm³/mol. The van der Waals surface area contributed by atoms with Crippen LogP contribution in [0.15, 0.2) is 42.5 Å². The molecule has 0 radical (unpaired) electrons. The SMILES string of the molecule is CC(NC(=O)CNc1cc(CO)ccc1Cl)c1ccc(Cl)cc1. The molecule has 0 aliphatic carbocycles. The summed E-state index contributed by atoms with van der Waals surface area (Å²) in [6.45, 7) is 1.92. The van der Waals surface area contributed by atoms with Crippen molar-refractivity contribution < 1.29 is 9.90 Å². The van der Waals surface area contributed by atoms with Crippen LogP contribution < -0.4 is 10.6 Å². The van der Waals surface area contributed by atoms with Gasteiger partial charge in [0.05, 0.1) is 29.9 Å². The lowest BCUT2D eigenvalue weighted by Gasteiger charge is -2.15. The van der Waals surface area contributed by atoms with Crippen molar-refractivity contribution in [1.29, 1.82) is 0 Å². The van der Waals surface area contributed by atoms with Gasteiger partial charge in [-0.15, -0.1) is 0 Å². The van der Waals surface area contributed by atoms with Gasteiger partial charge in [0.1, 0.15) is 0 Å². The van der Waals surface area contributed by atoms with E-state index < -0.39 is 0 Å². The lowest BCUT2D eigenvalue weighted by atomic mass is 10.1. The Labute approximate surface area is 145 Å². The summed E-state index contributed by atoms with van der Waals surface area (Å²) in [6, 6.07) is 12.3. The van der Waals surface area contributed by atoms with E-state index in [0.29, 0.717) is 15.7 Å². The minimum Gasteiger partial charge on any atom is -0.392 e. The lowest BCUT2D eigenvalue weighted by molar-refractivity contribution is -0.120. The first-order valence-electron chi connectivity index (χ1n) is 7.17. The van der Waals surface area contributed by atoms with Gasteiger partial charge in [-0.2, -0.15) is 0 Å². The molecule has 0 fully saturated rings. The van der Waals surface area contributed by atoms with E-state index >= 15 is 0 Å². The van der Waals surface area contributed by atoms with Gasteiger partial charge < -0.3 is 15.7 Å². The second-order valence-corrected chi connectivity index (χ2v) is 6.01. The number of aliphatic hydroxyl groups is 1. The Morgan fingerprint density at radius 3 is 2.52 bits per heavy atom. The van der Waals surface area contributed by atoms with Crippen LogP contribution in [0.1, 0.15) is 24.1 Å². The standard InChI is InChI=1S/C17H18Cl2N2O2/c1-11(13-3-5-14(18)6-4-13)21-17(23)9-20-16-8-12(10-22)2-7-15(16)19/h2-8,11,20,22H,9-10H2,1H3,(H,21,23). The molecule has 2 aromatic rings. The average molecular weight is 353 g/mol. The van der Waals surface area contributed by atoms with Gasteiger partial charge in [0, 0.05) is 5.02 Å². The third kappa shape index (κ3) is 5.13. The van der Waals surface area contributed by atoms with E-state index in [1.807, 2.05) is 19.1 Å². The normalized spacial score (nSPS) is 11.8. The molecule has 2 rings (SSSR count). The molecule has 6 heteroatoms. The quantitative estimate of drug-likeness (QED) is 0.741. The number of carbonyl (C=O) groups excluding carboxylic acids is 1.